The van der Waals surface area contributed by atoms with Crippen molar-refractivity contribution < 1.29 is 4.42 Å². The summed E-state index contributed by atoms with van der Waals surface area (Å²) < 4.78 is 6.55. The van der Waals surface area contributed by atoms with Gasteiger partial charge in [0.2, 0.25) is 0 Å². The van der Waals surface area contributed by atoms with Gasteiger partial charge in [0.15, 0.2) is 0 Å². The first-order chi connectivity index (χ1) is 29.7. The van der Waals surface area contributed by atoms with Crippen molar-refractivity contribution in [3.8, 4) is 33.4 Å². The molecule has 0 saturated carbocycles. The van der Waals surface area contributed by atoms with Gasteiger partial charge in [-0.1, -0.05) is 164 Å². The molecule has 0 bridgehead atoms. The molecule has 0 atom stereocenters. The van der Waals surface area contributed by atoms with Gasteiger partial charge >= 0.3 is 0 Å². The number of hydrogen-bond acceptors (Lipinski definition) is 2. The Hall–Kier alpha value is -7.94. The Balaban J connectivity index is 0.985. The third kappa shape index (κ3) is 5.65. The summed E-state index contributed by atoms with van der Waals surface area (Å²) in [6.07, 6.45) is 0. The molecule has 0 amide bonds. The molecule has 0 aliphatic carbocycles. The van der Waals surface area contributed by atoms with Crippen molar-refractivity contribution in [1.29, 1.82) is 0 Å². The van der Waals surface area contributed by atoms with Crippen LogP contribution in [0.15, 0.2) is 229 Å². The molecule has 280 valence electrons. The van der Waals surface area contributed by atoms with Crippen molar-refractivity contribution in [2.24, 2.45) is 0 Å². The maximum atomic E-state index is 6.55. The van der Waals surface area contributed by atoms with Crippen molar-refractivity contribution in [2.75, 3.05) is 4.90 Å². The summed E-state index contributed by atoms with van der Waals surface area (Å²) in [4.78, 5) is 2.36. The van der Waals surface area contributed by atoms with E-state index in [2.05, 4.69) is 229 Å². The van der Waals surface area contributed by atoms with Crippen molar-refractivity contribution in [1.82, 2.24) is 0 Å². The Labute approximate surface area is 347 Å². The molecule has 1 aromatic heterocycles. The van der Waals surface area contributed by atoms with Gasteiger partial charge in [0.25, 0.3) is 0 Å². The Kier molecular flexibility index (Phi) is 7.89. The first kappa shape index (κ1) is 34.1. The minimum Gasteiger partial charge on any atom is -0.455 e. The Morgan fingerprint density at radius 1 is 0.267 bits per heavy atom. The maximum absolute atomic E-state index is 6.55. The van der Waals surface area contributed by atoms with Crippen LogP contribution in [0, 0.1) is 0 Å². The topological polar surface area (TPSA) is 16.4 Å². The van der Waals surface area contributed by atoms with Crippen LogP contribution in [0.4, 0.5) is 17.1 Å². The van der Waals surface area contributed by atoms with Gasteiger partial charge in [0, 0.05) is 33.2 Å². The predicted octanol–water partition coefficient (Wildman–Crippen LogP) is 16.7. The second-order valence-electron chi connectivity index (χ2n) is 15.7. The fourth-order valence-corrected chi connectivity index (χ4v) is 9.29. The zero-order valence-corrected chi connectivity index (χ0v) is 32.7. The number of furan rings is 1. The van der Waals surface area contributed by atoms with Crippen LogP contribution in [0.2, 0.25) is 0 Å². The molecular formula is C58H37NO. The fourth-order valence-electron chi connectivity index (χ4n) is 9.29. The van der Waals surface area contributed by atoms with Crippen LogP contribution in [-0.2, 0) is 0 Å². The molecule has 0 fully saturated rings. The Bertz CT molecular complexity index is 3600. The first-order valence-electron chi connectivity index (χ1n) is 20.6. The van der Waals surface area contributed by atoms with E-state index in [1.54, 1.807) is 0 Å². The van der Waals surface area contributed by atoms with E-state index in [-0.39, 0.29) is 0 Å². The summed E-state index contributed by atoms with van der Waals surface area (Å²) in [5.41, 5.74) is 12.2. The maximum Gasteiger partial charge on any atom is 0.143 e. The summed E-state index contributed by atoms with van der Waals surface area (Å²) in [5, 5.41) is 12.1. The van der Waals surface area contributed by atoms with Crippen molar-refractivity contribution >= 4 is 82.1 Å². The molecule has 0 spiro atoms. The molecule has 0 saturated heterocycles. The van der Waals surface area contributed by atoms with Crippen LogP contribution < -0.4 is 4.90 Å². The van der Waals surface area contributed by atoms with E-state index in [1.807, 2.05) is 0 Å². The normalized spacial score (nSPS) is 11.7. The van der Waals surface area contributed by atoms with Gasteiger partial charge in [-0.3, -0.25) is 0 Å². The number of hydrogen-bond donors (Lipinski definition) is 0. The lowest BCUT2D eigenvalue weighted by Gasteiger charge is -2.26. The summed E-state index contributed by atoms with van der Waals surface area (Å²) >= 11 is 0. The van der Waals surface area contributed by atoms with Gasteiger partial charge in [-0.15, -0.1) is 0 Å². The molecule has 1 heterocycles. The third-order valence-electron chi connectivity index (χ3n) is 12.2. The van der Waals surface area contributed by atoms with Gasteiger partial charge in [-0.25, -0.2) is 0 Å². The average molecular weight is 764 g/mol. The number of rotatable bonds is 6. The van der Waals surface area contributed by atoms with E-state index < -0.39 is 0 Å². The van der Waals surface area contributed by atoms with Crippen LogP contribution in [0.1, 0.15) is 0 Å². The Morgan fingerprint density at radius 3 is 1.62 bits per heavy atom. The number of benzene rings is 11. The third-order valence-corrected chi connectivity index (χ3v) is 12.2. The predicted molar refractivity (Wildman–Crippen MR) is 255 cm³/mol. The molecule has 0 aliphatic rings. The number of fused-ring (bicyclic) bond motifs is 9. The van der Waals surface area contributed by atoms with E-state index in [0.29, 0.717) is 0 Å². The molecule has 12 aromatic rings. The molecule has 11 aromatic carbocycles. The summed E-state index contributed by atoms with van der Waals surface area (Å²) in [7, 11) is 0. The highest BCUT2D eigenvalue weighted by atomic mass is 16.3. The van der Waals surface area contributed by atoms with Gasteiger partial charge in [-0.2, -0.15) is 0 Å². The van der Waals surface area contributed by atoms with Gasteiger partial charge < -0.3 is 9.32 Å². The summed E-state index contributed by atoms with van der Waals surface area (Å²) in [6.45, 7) is 0. The van der Waals surface area contributed by atoms with Gasteiger partial charge in [-0.05, 0) is 132 Å². The highest BCUT2D eigenvalue weighted by molar-refractivity contribution is 6.16. The number of nitrogens with zero attached hydrogens (tertiary/aromatic N) is 1. The van der Waals surface area contributed by atoms with Crippen LogP contribution in [0.3, 0.4) is 0 Å². The highest BCUT2D eigenvalue weighted by Crippen LogP contribution is 2.43. The minimum atomic E-state index is 0.880. The Morgan fingerprint density at radius 2 is 0.833 bits per heavy atom. The fraction of sp³-hybridized carbons (Fsp3) is 0. The first-order valence-corrected chi connectivity index (χ1v) is 20.6. The largest absolute Gasteiger partial charge is 0.455 e. The van der Waals surface area contributed by atoms with Crippen molar-refractivity contribution in [3.05, 3.63) is 224 Å². The van der Waals surface area contributed by atoms with Gasteiger partial charge in [0.1, 0.15) is 11.2 Å². The highest BCUT2D eigenvalue weighted by Gasteiger charge is 2.18. The van der Waals surface area contributed by atoms with E-state index in [0.717, 1.165) is 44.4 Å². The van der Waals surface area contributed by atoms with Crippen LogP contribution >= 0.6 is 0 Å². The molecule has 0 unspecified atom stereocenters. The molecule has 2 heteroatoms. The quantitative estimate of drug-likeness (QED) is 0.157. The smallest absolute Gasteiger partial charge is 0.143 e. The zero-order chi connectivity index (χ0) is 39.6. The van der Waals surface area contributed by atoms with Crippen LogP contribution in [0.5, 0.6) is 0 Å². The van der Waals surface area contributed by atoms with Crippen molar-refractivity contribution in [3.63, 3.8) is 0 Å². The lowest BCUT2D eigenvalue weighted by molar-refractivity contribution is 0.672. The van der Waals surface area contributed by atoms with E-state index in [9.17, 15) is 0 Å². The van der Waals surface area contributed by atoms with Crippen molar-refractivity contribution in [2.45, 2.75) is 0 Å². The van der Waals surface area contributed by atoms with E-state index in [4.69, 9.17) is 4.42 Å². The second kappa shape index (κ2) is 13.9. The van der Waals surface area contributed by atoms with Crippen LogP contribution in [-0.4, -0.2) is 0 Å². The lowest BCUT2D eigenvalue weighted by Crippen LogP contribution is -2.09. The zero-order valence-electron chi connectivity index (χ0n) is 32.7. The molecule has 2 nitrogen and oxygen atoms in total. The van der Waals surface area contributed by atoms with E-state index >= 15 is 0 Å². The second-order valence-corrected chi connectivity index (χ2v) is 15.7. The molecule has 12 rings (SSSR count). The molecule has 0 aliphatic heterocycles. The molecule has 60 heavy (non-hydrogen) atoms. The van der Waals surface area contributed by atoms with E-state index in [1.165, 1.54) is 71.1 Å². The molecular weight excluding hydrogens is 727 g/mol. The molecule has 0 N–H and O–H groups in total. The van der Waals surface area contributed by atoms with Crippen LogP contribution in [0.25, 0.3) is 98.4 Å². The summed E-state index contributed by atoms with van der Waals surface area (Å²) in [6, 6.07) is 81.3. The van der Waals surface area contributed by atoms with Gasteiger partial charge in [0.05, 0.1) is 0 Å². The molecule has 0 radical (unpaired) electrons. The SMILES string of the molecule is c1ccc(-c2cc3ccccc3c3ccccc23)c(-c2ccc(N(c3ccc(-c4ccc5ccccc5c4)cc3)c3ccc4oc5c6ccccc6ccc5c4c3)cc2)c1. The standard InChI is InChI=1S/C58H37NO/c1-2-13-42-35-43(22-21-38(42)11-1)39-23-28-45(29-24-39)59(47-32-34-57-56(37-47)54-33-27-40-12-3-6-17-50(40)58(54)60-57)46-30-25-41(26-31-46)48-15-7-8-19-52(48)55-36-44-14-4-5-16-49(44)51-18-9-10-20-53(51)55/h1-37H. The summed E-state index contributed by atoms with van der Waals surface area (Å²) in [5.74, 6) is 0. The number of anilines is 3. The monoisotopic (exact) mass is 763 g/mol. The lowest BCUT2D eigenvalue weighted by atomic mass is 9.89. The average Bonchev–Trinajstić information content (AvgIpc) is 3.70. The minimum absolute atomic E-state index is 0.880.